The molecule has 1 aliphatic carbocycles. The highest BCUT2D eigenvalue weighted by Gasteiger charge is 2.21. The quantitative estimate of drug-likeness (QED) is 0.791. The number of H-pyrrole nitrogens is 1. The van der Waals surface area contributed by atoms with Gasteiger partial charge < -0.3 is 9.67 Å². The summed E-state index contributed by atoms with van der Waals surface area (Å²) < 4.78 is 2.14. The van der Waals surface area contributed by atoms with Gasteiger partial charge in [-0.05, 0) is 25.3 Å². The summed E-state index contributed by atoms with van der Waals surface area (Å²) in [5.41, 5.74) is 2.31. The molecule has 0 spiro atoms. The Kier molecular flexibility index (Phi) is 2.25. The van der Waals surface area contributed by atoms with E-state index >= 15 is 0 Å². The lowest BCUT2D eigenvalue weighted by Gasteiger charge is -2.19. The Hall–Kier alpha value is -1.62. The van der Waals surface area contributed by atoms with Gasteiger partial charge in [-0.25, -0.2) is 4.98 Å². The van der Waals surface area contributed by atoms with Crippen LogP contribution in [0, 0.1) is 0 Å². The topological polar surface area (TPSA) is 66.7 Å². The molecule has 5 nitrogen and oxygen atoms in total. The second-order valence-corrected chi connectivity index (χ2v) is 4.19. The van der Waals surface area contributed by atoms with Crippen molar-refractivity contribution in [2.45, 2.75) is 31.9 Å². The van der Waals surface area contributed by atoms with E-state index in [2.05, 4.69) is 19.7 Å². The van der Waals surface area contributed by atoms with Crippen LogP contribution in [-0.2, 0) is 13.0 Å². The molecule has 1 atom stereocenters. The van der Waals surface area contributed by atoms with Crippen molar-refractivity contribution in [1.29, 1.82) is 0 Å². The number of nitrogens with one attached hydrogen (secondary N) is 1. The molecule has 5 heteroatoms. The lowest BCUT2D eigenvalue weighted by atomic mass is 9.95. The van der Waals surface area contributed by atoms with Crippen molar-refractivity contribution in [3.05, 3.63) is 35.7 Å². The van der Waals surface area contributed by atoms with Crippen molar-refractivity contribution in [2.75, 3.05) is 0 Å². The van der Waals surface area contributed by atoms with Crippen molar-refractivity contribution in [3.8, 4) is 0 Å². The summed E-state index contributed by atoms with van der Waals surface area (Å²) in [5.74, 6) is 0.846. The van der Waals surface area contributed by atoms with E-state index in [0.29, 0.717) is 6.54 Å². The summed E-state index contributed by atoms with van der Waals surface area (Å²) >= 11 is 0. The maximum atomic E-state index is 9.85. The first kappa shape index (κ1) is 9.59. The highest BCUT2D eigenvalue weighted by atomic mass is 16.3. The number of hydrogen-bond acceptors (Lipinski definition) is 3. The largest absolute Gasteiger partial charge is 0.388 e. The monoisotopic (exact) mass is 218 g/mol. The van der Waals surface area contributed by atoms with E-state index in [9.17, 15) is 5.11 Å². The molecule has 0 saturated carbocycles. The molecule has 0 radical (unpaired) electrons. The summed E-state index contributed by atoms with van der Waals surface area (Å²) in [4.78, 5) is 4.11. The molecule has 2 N–H and O–H groups in total. The normalized spacial score (nSPS) is 19.7. The minimum absolute atomic E-state index is 0.292. The molecule has 16 heavy (non-hydrogen) atoms. The van der Waals surface area contributed by atoms with Crippen LogP contribution in [0.4, 0.5) is 0 Å². The van der Waals surface area contributed by atoms with E-state index in [1.165, 1.54) is 12.0 Å². The van der Waals surface area contributed by atoms with Crippen LogP contribution in [0.5, 0.6) is 0 Å². The van der Waals surface area contributed by atoms with Crippen molar-refractivity contribution < 1.29 is 5.11 Å². The summed E-state index contributed by atoms with van der Waals surface area (Å²) in [6, 6.07) is 2.01. The zero-order valence-corrected chi connectivity index (χ0v) is 8.93. The van der Waals surface area contributed by atoms with Crippen LogP contribution >= 0.6 is 0 Å². The number of nitrogens with zero attached hydrogens (tertiary/aromatic N) is 3. The number of aromatic amines is 1. The highest BCUT2D eigenvalue weighted by molar-refractivity contribution is 5.27. The van der Waals surface area contributed by atoms with Crippen molar-refractivity contribution >= 4 is 0 Å². The molecule has 2 heterocycles. The first-order valence-corrected chi connectivity index (χ1v) is 5.55. The molecule has 1 aliphatic rings. The number of aliphatic hydroxyl groups excluding tert-OH is 1. The Bertz CT molecular complexity index is 474. The van der Waals surface area contributed by atoms with Gasteiger partial charge in [0.05, 0.1) is 12.6 Å². The van der Waals surface area contributed by atoms with Gasteiger partial charge in [0, 0.05) is 17.5 Å². The van der Waals surface area contributed by atoms with E-state index in [4.69, 9.17) is 0 Å². The zero-order chi connectivity index (χ0) is 11.0. The van der Waals surface area contributed by atoms with E-state index in [-0.39, 0.29) is 6.10 Å². The van der Waals surface area contributed by atoms with Gasteiger partial charge in [-0.3, -0.25) is 5.10 Å². The summed E-state index contributed by atoms with van der Waals surface area (Å²) in [5, 5.41) is 16.5. The van der Waals surface area contributed by atoms with Crippen LogP contribution in [0.25, 0.3) is 0 Å². The molecule has 0 amide bonds. The van der Waals surface area contributed by atoms with Gasteiger partial charge in [-0.2, -0.15) is 5.10 Å². The molecule has 0 saturated heterocycles. The van der Waals surface area contributed by atoms with Gasteiger partial charge in [0.15, 0.2) is 0 Å². The molecule has 3 rings (SSSR count). The third-order valence-corrected chi connectivity index (χ3v) is 3.15. The summed E-state index contributed by atoms with van der Waals surface area (Å²) in [6.07, 6.45) is 6.20. The molecule has 84 valence electrons. The summed E-state index contributed by atoms with van der Waals surface area (Å²) in [7, 11) is 0. The summed E-state index contributed by atoms with van der Waals surface area (Å²) in [6.45, 7) is 0.696. The van der Waals surface area contributed by atoms with Gasteiger partial charge >= 0.3 is 0 Å². The van der Waals surface area contributed by atoms with Gasteiger partial charge in [0.25, 0.3) is 0 Å². The molecule has 0 aliphatic heterocycles. The van der Waals surface area contributed by atoms with Gasteiger partial charge in [0.2, 0.25) is 0 Å². The maximum Gasteiger partial charge on any atom is 0.144 e. The molecular weight excluding hydrogens is 204 g/mol. The van der Waals surface area contributed by atoms with Crippen LogP contribution in [0.3, 0.4) is 0 Å². The lowest BCUT2D eigenvalue weighted by molar-refractivity contribution is 0.155. The molecule has 0 fully saturated rings. The van der Waals surface area contributed by atoms with Crippen LogP contribution in [0.2, 0.25) is 0 Å². The van der Waals surface area contributed by atoms with E-state index in [0.717, 1.165) is 30.7 Å². The van der Waals surface area contributed by atoms with Crippen molar-refractivity contribution in [2.24, 2.45) is 0 Å². The predicted molar refractivity (Wildman–Crippen MR) is 57.8 cm³/mol. The van der Waals surface area contributed by atoms with Crippen LogP contribution < -0.4 is 0 Å². The Morgan fingerprint density at radius 1 is 1.56 bits per heavy atom. The molecule has 0 bridgehead atoms. The van der Waals surface area contributed by atoms with E-state index in [1.54, 1.807) is 0 Å². The molecule has 2 aromatic heterocycles. The number of rotatable bonds is 2. The molecular formula is C11H14N4O. The number of aromatic nitrogens is 4. The smallest absolute Gasteiger partial charge is 0.144 e. The third kappa shape index (κ3) is 1.53. The SMILES string of the molecule is OC1CCCc2c1ccn2Cc1ncn[nH]1. The van der Waals surface area contributed by atoms with E-state index < -0.39 is 0 Å². The average Bonchev–Trinajstić information content (AvgIpc) is 2.90. The van der Waals surface area contributed by atoms with Crippen molar-refractivity contribution in [3.63, 3.8) is 0 Å². The third-order valence-electron chi connectivity index (χ3n) is 3.15. The zero-order valence-electron chi connectivity index (χ0n) is 8.93. The average molecular weight is 218 g/mol. The first-order chi connectivity index (χ1) is 7.84. The van der Waals surface area contributed by atoms with Gasteiger partial charge in [-0.15, -0.1) is 0 Å². The number of aliphatic hydroxyl groups is 1. The fourth-order valence-electron chi connectivity index (χ4n) is 2.35. The van der Waals surface area contributed by atoms with Crippen molar-refractivity contribution in [1.82, 2.24) is 19.7 Å². The second kappa shape index (κ2) is 3.75. The van der Waals surface area contributed by atoms with Crippen LogP contribution in [0.15, 0.2) is 18.6 Å². The Balaban J connectivity index is 1.91. The fraction of sp³-hybridized carbons (Fsp3) is 0.455. The van der Waals surface area contributed by atoms with E-state index in [1.807, 2.05) is 12.3 Å². The van der Waals surface area contributed by atoms with Gasteiger partial charge in [0.1, 0.15) is 12.2 Å². The number of hydrogen-bond donors (Lipinski definition) is 2. The maximum absolute atomic E-state index is 9.85. The van der Waals surface area contributed by atoms with Crippen LogP contribution in [0.1, 0.15) is 36.0 Å². The molecule has 2 aromatic rings. The lowest BCUT2D eigenvalue weighted by Crippen LogP contribution is -2.12. The van der Waals surface area contributed by atoms with Crippen LogP contribution in [-0.4, -0.2) is 24.9 Å². The minimum Gasteiger partial charge on any atom is -0.388 e. The molecule has 1 unspecified atom stereocenters. The predicted octanol–water partition coefficient (Wildman–Crippen LogP) is 1.02. The fourth-order valence-corrected chi connectivity index (χ4v) is 2.35. The second-order valence-electron chi connectivity index (χ2n) is 4.19. The molecule has 0 aromatic carbocycles. The Labute approximate surface area is 93.1 Å². The Morgan fingerprint density at radius 2 is 2.50 bits per heavy atom. The standard InChI is InChI=1S/C11H14N4O/c16-10-3-1-2-9-8(10)4-5-15(9)6-11-12-7-13-14-11/h4-5,7,10,16H,1-3,6H2,(H,12,13,14). The Morgan fingerprint density at radius 3 is 3.31 bits per heavy atom. The minimum atomic E-state index is -0.292. The first-order valence-electron chi connectivity index (χ1n) is 5.55. The highest BCUT2D eigenvalue weighted by Crippen LogP contribution is 2.30. The number of fused-ring (bicyclic) bond motifs is 1. The van der Waals surface area contributed by atoms with Gasteiger partial charge in [-0.1, -0.05) is 0 Å².